The van der Waals surface area contributed by atoms with E-state index in [9.17, 15) is 9.90 Å². The SMILES string of the molecule is C=CC[C@@H](O)[C@H]1[C@@H](COCc2ccccc2)CCN1C(=O)OC(C)(C)C. The molecule has 3 atom stereocenters. The summed E-state index contributed by atoms with van der Waals surface area (Å²) in [6.07, 6.45) is 1.84. The van der Waals surface area contributed by atoms with Gasteiger partial charge in [0.2, 0.25) is 0 Å². The number of rotatable bonds is 7. The number of amides is 1. The van der Waals surface area contributed by atoms with Gasteiger partial charge in [0, 0.05) is 12.5 Å². The Balaban J connectivity index is 2.00. The van der Waals surface area contributed by atoms with E-state index in [2.05, 4.69) is 6.58 Å². The van der Waals surface area contributed by atoms with Gasteiger partial charge in [-0.3, -0.25) is 0 Å². The molecule has 0 radical (unpaired) electrons. The number of hydrogen-bond acceptors (Lipinski definition) is 4. The molecule has 1 aromatic carbocycles. The van der Waals surface area contributed by atoms with Crippen molar-refractivity contribution in [3.05, 3.63) is 48.6 Å². The Morgan fingerprint density at radius 2 is 2.08 bits per heavy atom. The molecule has 0 saturated carbocycles. The third-order valence-electron chi connectivity index (χ3n) is 4.46. The van der Waals surface area contributed by atoms with E-state index in [1.807, 2.05) is 51.1 Å². The van der Waals surface area contributed by atoms with Crippen LogP contribution in [0.4, 0.5) is 4.79 Å². The maximum Gasteiger partial charge on any atom is 0.410 e. The smallest absolute Gasteiger partial charge is 0.410 e. The molecule has 1 fully saturated rings. The number of ether oxygens (including phenoxy) is 2. The van der Waals surface area contributed by atoms with Gasteiger partial charge in [-0.2, -0.15) is 0 Å². The van der Waals surface area contributed by atoms with Crippen LogP contribution in [0, 0.1) is 5.92 Å². The summed E-state index contributed by atoms with van der Waals surface area (Å²) in [5.74, 6) is 0.0705. The Hall–Kier alpha value is -1.85. The van der Waals surface area contributed by atoms with Crippen molar-refractivity contribution in [1.29, 1.82) is 0 Å². The fourth-order valence-corrected chi connectivity index (χ4v) is 3.33. The molecule has 1 saturated heterocycles. The van der Waals surface area contributed by atoms with Gasteiger partial charge in [0.1, 0.15) is 5.60 Å². The van der Waals surface area contributed by atoms with Crippen LogP contribution in [-0.2, 0) is 16.1 Å². The Morgan fingerprint density at radius 1 is 1.38 bits per heavy atom. The molecule has 5 nitrogen and oxygen atoms in total. The van der Waals surface area contributed by atoms with Crippen molar-refractivity contribution in [3.8, 4) is 0 Å². The molecule has 1 aromatic rings. The average molecular weight is 361 g/mol. The second kappa shape index (κ2) is 9.19. The van der Waals surface area contributed by atoms with E-state index in [0.717, 1.165) is 12.0 Å². The quantitative estimate of drug-likeness (QED) is 0.751. The lowest BCUT2D eigenvalue weighted by molar-refractivity contribution is -0.0106. The van der Waals surface area contributed by atoms with Gasteiger partial charge in [0.05, 0.1) is 25.4 Å². The average Bonchev–Trinajstić information content (AvgIpc) is 2.99. The summed E-state index contributed by atoms with van der Waals surface area (Å²) < 4.78 is 11.4. The maximum absolute atomic E-state index is 12.5. The molecule has 144 valence electrons. The molecule has 5 heteroatoms. The van der Waals surface area contributed by atoms with Crippen LogP contribution in [0.2, 0.25) is 0 Å². The lowest BCUT2D eigenvalue weighted by atomic mass is 9.94. The Kier molecular flexibility index (Phi) is 7.23. The number of aliphatic hydroxyl groups is 1. The Bertz CT molecular complexity index is 581. The summed E-state index contributed by atoms with van der Waals surface area (Å²) in [5.41, 5.74) is 0.546. The third kappa shape index (κ3) is 5.85. The zero-order chi connectivity index (χ0) is 19.2. The van der Waals surface area contributed by atoms with Crippen LogP contribution in [-0.4, -0.2) is 47.0 Å². The number of nitrogens with zero attached hydrogens (tertiary/aromatic N) is 1. The first-order valence-electron chi connectivity index (χ1n) is 9.22. The number of aliphatic hydroxyl groups excluding tert-OH is 1. The summed E-state index contributed by atoms with van der Waals surface area (Å²) >= 11 is 0. The van der Waals surface area contributed by atoms with Crippen LogP contribution < -0.4 is 0 Å². The minimum atomic E-state index is -0.673. The van der Waals surface area contributed by atoms with E-state index >= 15 is 0 Å². The highest BCUT2D eigenvalue weighted by atomic mass is 16.6. The molecule has 0 spiro atoms. The molecular weight excluding hydrogens is 330 g/mol. The molecule has 0 aliphatic carbocycles. The fourth-order valence-electron chi connectivity index (χ4n) is 3.33. The predicted molar refractivity (Wildman–Crippen MR) is 102 cm³/mol. The number of benzene rings is 1. The first-order chi connectivity index (χ1) is 12.3. The van der Waals surface area contributed by atoms with E-state index < -0.39 is 11.7 Å². The highest BCUT2D eigenvalue weighted by Crippen LogP contribution is 2.30. The largest absolute Gasteiger partial charge is 0.444 e. The van der Waals surface area contributed by atoms with Crippen molar-refractivity contribution in [3.63, 3.8) is 0 Å². The first-order valence-corrected chi connectivity index (χ1v) is 9.22. The standard InChI is InChI=1S/C21H31NO4/c1-5-9-18(23)19-17(15-25-14-16-10-7-6-8-11-16)12-13-22(19)20(24)26-21(2,3)4/h5-8,10-11,17-19,23H,1,9,12-15H2,2-4H3/t17-,18-,19-/m1/s1. The number of carbonyl (C=O) groups excluding carboxylic acids is 1. The molecule has 1 N–H and O–H groups in total. The summed E-state index contributed by atoms with van der Waals surface area (Å²) in [7, 11) is 0. The lowest BCUT2D eigenvalue weighted by Gasteiger charge is -2.33. The van der Waals surface area contributed by atoms with Crippen LogP contribution in [0.5, 0.6) is 0 Å². The van der Waals surface area contributed by atoms with Gasteiger partial charge in [-0.15, -0.1) is 6.58 Å². The summed E-state index contributed by atoms with van der Waals surface area (Å²) in [5, 5.41) is 10.6. The lowest BCUT2D eigenvalue weighted by Crippen LogP contribution is -2.48. The second-order valence-electron chi connectivity index (χ2n) is 7.81. The molecule has 1 amide bonds. The molecule has 2 rings (SSSR count). The number of likely N-dealkylation sites (tertiary alicyclic amines) is 1. The van der Waals surface area contributed by atoms with Crippen molar-refractivity contribution in [1.82, 2.24) is 4.90 Å². The maximum atomic E-state index is 12.5. The molecule has 1 heterocycles. The van der Waals surface area contributed by atoms with E-state index in [0.29, 0.717) is 26.2 Å². The van der Waals surface area contributed by atoms with E-state index in [4.69, 9.17) is 9.47 Å². The van der Waals surface area contributed by atoms with Crippen molar-refractivity contribution in [2.45, 2.75) is 58.0 Å². The van der Waals surface area contributed by atoms with Crippen molar-refractivity contribution < 1.29 is 19.4 Å². The number of carbonyl (C=O) groups is 1. The van der Waals surface area contributed by atoms with E-state index in [1.165, 1.54) is 0 Å². The summed E-state index contributed by atoms with van der Waals surface area (Å²) in [4.78, 5) is 14.2. The topological polar surface area (TPSA) is 59.0 Å². The van der Waals surface area contributed by atoms with Crippen molar-refractivity contribution >= 4 is 6.09 Å². The normalized spacial score (nSPS) is 21.5. The molecule has 26 heavy (non-hydrogen) atoms. The molecule has 1 aliphatic rings. The van der Waals surface area contributed by atoms with Gasteiger partial charge in [-0.25, -0.2) is 4.79 Å². The van der Waals surface area contributed by atoms with Gasteiger partial charge in [0.25, 0.3) is 0 Å². The Labute approximate surface area is 156 Å². The van der Waals surface area contributed by atoms with E-state index in [1.54, 1.807) is 11.0 Å². The highest BCUT2D eigenvalue weighted by Gasteiger charge is 2.42. The summed E-state index contributed by atoms with van der Waals surface area (Å²) in [6.45, 7) is 10.8. The fraction of sp³-hybridized carbons (Fsp3) is 0.571. The van der Waals surface area contributed by atoms with Crippen LogP contribution >= 0.6 is 0 Å². The highest BCUT2D eigenvalue weighted by molar-refractivity contribution is 5.69. The van der Waals surface area contributed by atoms with Gasteiger partial charge < -0.3 is 19.5 Å². The van der Waals surface area contributed by atoms with Crippen LogP contribution in [0.15, 0.2) is 43.0 Å². The molecule has 0 unspecified atom stereocenters. The minimum Gasteiger partial charge on any atom is -0.444 e. The second-order valence-corrected chi connectivity index (χ2v) is 7.81. The monoisotopic (exact) mass is 361 g/mol. The van der Waals surface area contributed by atoms with Crippen molar-refractivity contribution in [2.24, 2.45) is 5.92 Å². The molecule has 0 bridgehead atoms. The minimum absolute atomic E-state index is 0.0705. The van der Waals surface area contributed by atoms with Crippen molar-refractivity contribution in [2.75, 3.05) is 13.2 Å². The van der Waals surface area contributed by atoms with Gasteiger partial charge in [-0.05, 0) is 39.2 Å². The summed E-state index contributed by atoms with van der Waals surface area (Å²) in [6, 6.07) is 9.65. The van der Waals surface area contributed by atoms with Gasteiger partial charge in [-0.1, -0.05) is 36.4 Å². The number of hydrogen-bond donors (Lipinski definition) is 1. The molecule has 0 aromatic heterocycles. The van der Waals surface area contributed by atoms with Crippen LogP contribution in [0.3, 0.4) is 0 Å². The predicted octanol–water partition coefficient (Wildman–Crippen LogP) is 3.77. The Morgan fingerprint density at radius 3 is 2.69 bits per heavy atom. The molecular formula is C21H31NO4. The van der Waals surface area contributed by atoms with Crippen LogP contribution in [0.1, 0.15) is 39.2 Å². The van der Waals surface area contributed by atoms with E-state index in [-0.39, 0.29) is 18.1 Å². The molecule has 1 aliphatic heterocycles. The third-order valence-corrected chi connectivity index (χ3v) is 4.46. The van der Waals surface area contributed by atoms with Gasteiger partial charge >= 0.3 is 6.09 Å². The first kappa shape index (κ1) is 20.5. The zero-order valence-electron chi connectivity index (χ0n) is 16.1. The van der Waals surface area contributed by atoms with Crippen LogP contribution in [0.25, 0.3) is 0 Å². The van der Waals surface area contributed by atoms with Gasteiger partial charge in [0.15, 0.2) is 0 Å². The zero-order valence-corrected chi connectivity index (χ0v) is 16.1.